The third-order valence-electron chi connectivity index (χ3n) is 4.30. The van der Waals surface area contributed by atoms with Crippen LogP contribution < -0.4 is 5.56 Å². The predicted molar refractivity (Wildman–Crippen MR) is 102 cm³/mol. The number of rotatable bonds is 4. The van der Waals surface area contributed by atoms with E-state index in [-0.39, 0.29) is 5.56 Å². The third-order valence-corrected chi connectivity index (χ3v) is 6.03. The number of hydrogen-bond donors (Lipinski definition) is 0. The number of aryl methyl sites for hydroxylation is 1. The van der Waals surface area contributed by atoms with Crippen molar-refractivity contribution in [2.45, 2.75) is 13.0 Å². The third kappa shape index (κ3) is 2.41. The first-order valence-corrected chi connectivity index (χ1v) is 9.59. The fourth-order valence-electron chi connectivity index (χ4n) is 3.10. The van der Waals surface area contributed by atoms with Crippen molar-refractivity contribution in [2.24, 2.45) is 12.0 Å². The normalized spacial score (nSPS) is 14.0. The molecule has 0 spiro atoms. The maximum absolute atomic E-state index is 12.9. The highest BCUT2D eigenvalue weighted by Gasteiger charge is 2.19. The van der Waals surface area contributed by atoms with Gasteiger partial charge in [-0.05, 0) is 17.6 Å². The van der Waals surface area contributed by atoms with E-state index in [0.29, 0.717) is 12.1 Å². The predicted octanol–water partition coefficient (Wildman–Crippen LogP) is 1.80. The highest BCUT2D eigenvalue weighted by Crippen LogP contribution is 2.31. The van der Waals surface area contributed by atoms with Crippen LogP contribution in [0, 0.1) is 0 Å². The van der Waals surface area contributed by atoms with Crippen molar-refractivity contribution >= 4 is 49.8 Å². The molecule has 4 aromatic heterocycles. The standard InChI is InChI=1S/C16H13N7OS2/c1-22-13-10(6-19-23(16(13)24)7-12-18-8-20-26-12)14-15(22)21-11(25-14)5-9-3-2-4-17-9/h2-3,6,8H,4-5,7H2,1H3. The lowest BCUT2D eigenvalue weighted by Gasteiger charge is -2.03. The van der Waals surface area contributed by atoms with Gasteiger partial charge in [0.2, 0.25) is 0 Å². The van der Waals surface area contributed by atoms with E-state index < -0.39 is 0 Å². The summed E-state index contributed by atoms with van der Waals surface area (Å²) in [6.45, 7) is 1.07. The van der Waals surface area contributed by atoms with Crippen LogP contribution in [0.5, 0.6) is 0 Å². The lowest BCUT2D eigenvalue weighted by molar-refractivity contribution is 0.641. The molecule has 0 unspecified atom stereocenters. The topological polar surface area (TPSA) is 90.8 Å². The summed E-state index contributed by atoms with van der Waals surface area (Å²) >= 11 is 2.86. The van der Waals surface area contributed by atoms with Crippen LogP contribution in [0.2, 0.25) is 0 Å². The van der Waals surface area contributed by atoms with Crippen LogP contribution in [0.4, 0.5) is 0 Å². The van der Waals surface area contributed by atoms with E-state index in [1.165, 1.54) is 22.5 Å². The Morgan fingerprint density at radius 2 is 2.23 bits per heavy atom. The van der Waals surface area contributed by atoms with Crippen molar-refractivity contribution in [2.75, 3.05) is 6.54 Å². The first kappa shape index (κ1) is 15.5. The molecule has 0 aliphatic carbocycles. The highest BCUT2D eigenvalue weighted by atomic mass is 32.1. The first-order chi connectivity index (χ1) is 12.7. The van der Waals surface area contributed by atoms with Crippen molar-refractivity contribution in [3.63, 3.8) is 0 Å². The van der Waals surface area contributed by atoms with E-state index in [2.05, 4.69) is 19.4 Å². The molecule has 8 nitrogen and oxygen atoms in total. The Morgan fingerprint density at radius 1 is 1.31 bits per heavy atom. The number of aromatic nitrogens is 6. The molecule has 1 aliphatic rings. The summed E-state index contributed by atoms with van der Waals surface area (Å²) in [5, 5.41) is 6.92. The van der Waals surface area contributed by atoms with Gasteiger partial charge in [-0.2, -0.15) is 9.47 Å². The molecule has 4 aromatic rings. The van der Waals surface area contributed by atoms with Crippen molar-refractivity contribution in [1.82, 2.24) is 28.7 Å². The van der Waals surface area contributed by atoms with Gasteiger partial charge in [-0.3, -0.25) is 9.79 Å². The summed E-state index contributed by atoms with van der Waals surface area (Å²) < 4.78 is 8.24. The Labute approximate surface area is 155 Å². The second kappa shape index (κ2) is 5.92. The van der Waals surface area contributed by atoms with E-state index in [1.807, 2.05) is 23.8 Å². The van der Waals surface area contributed by atoms with Crippen LogP contribution >= 0.6 is 22.9 Å². The molecule has 0 radical (unpaired) electrons. The zero-order valence-electron chi connectivity index (χ0n) is 13.8. The van der Waals surface area contributed by atoms with Crippen LogP contribution in [-0.4, -0.2) is 40.9 Å². The summed E-state index contributed by atoms with van der Waals surface area (Å²) in [6, 6.07) is 0. The number of nitrogens with zero attached hydrogens (tertiary/aromatic N) is 7. The Bertz CT molecular complexity index is 1240. The molecule has 0 aromatic carbocycles. The molecular weight excluding hydrogens is 370 g/mol. The van der Waals surface area contributed by atoms with Crippen molar-refractivity contribution in [3.05, 3.63) is 45.0 Å². The molecule has 5 heterocycles. The molecule has 0 atom stereocenters. The number of thiazole rings is 1. The van der Waals surface area contributed by atoms with E-state index in [0.717, 1.165) is 44.4 Å². The number of hydrogen-bond acceptors (Lipinski definition) is 8. The summed E-state index contributed by atoms with van der Waals surface area (Å²) in [5.74, 6) is 0. The molecule has 0 fully saturated rings. The van der Waals surface area contributed by atoms with Gasteiger partial charge in [0.25, 0.3) is 5.56 Å². The van der Waals surface area contributed by atoms with E-state index in [9.17, 15) is 4.79 Å². The van der Waals surface area contributed by atoms with Crippen molar-refractivity contribution in [3.8, 4) is 0 Å². The zero-order valence-corrected chi connectivity index (χ0v) is 15.4. The molecule has 10 heteroatoms. The lowest BCUT2D eigenvalue weighted by Crippen LogP contribution is -2.24. The van der Waals surface area contributed by atoms with Crippen LogP contribution in [0.15, 0.2) is 34.5 Å². The molecule has 0 saturated heterocycles. The van der Waals surface area contributed by atoms with Gasteiger partial charge in [0.05, 0.1) is 24.0 Å². The van der Waals surface area contributed by atoms with Gasteiger partial charge in [0.15, 0.2) is 5.65 Å². The molecule has 1 aliphatic heterocycles. The summed E-state index contributed by atoms with van der Waals surface area (Å²) in [5.41, 5.74) is 2.33. The minimum atomic E-state index is -0.143. The average Bonchev–Trinajstić information content (AvgIpc) is 3.39. The molecule has 0 amide bonds. The fraction of sp³-hybridized carbons (Fsp3) is 0.250. The Kier molecular flexibility index (Phi) is 3.54. The van der Waals surface area contributed by atoms with Crippen LogP contribution in [0.25, 0.3) is 21.3 Å². The number of aliphatic imine (C=N–C) groups is 1. The molecule has 0 saturated carbocycles. The summed E-state index contributed by atoms with van der Waals surface area (Å²) in [4.78, 5) is 26.2. The monoisotopic (exact) mass is 383 g/mol. The second-order valence-corrected chi connectivity index (χ2v) is 7.88. The summed E-state index contributed by atoms with van der Waals surface area (Å²) in [6.07, 6.45) is 8.03. The molecule has 0 N–H and O–H groups in total. The quantitative estimate of drug-likeness (QED) is 0.536. The fourth-order valence-corrected chi connectivity index (χ4v) is 4.71. The van der Waals surface area contributed by atoms with Gasteiger partial charge in [-0.15, -0.1) is 11.3 Å². The SMILES string of the molecule is Cn1c2nc(CC3=NCC=C3)sc2c2cnn(Cc3ncns3)c(=O)c21. The molecule has 0 bridgehead atoms. The molecule has 5 rings (SSSR count). The smallest absolute Gasteiger partial charge is 0.291 e. The van der Waals surface area contributed by atoms with E-state index in [4.69, 9.17) is 4.98 Å². The first-order valence-electron chi connectivity index (χ1n) is 8.00. The highest BCUT2D eigenvalue weighted by molar-refractivity contribution is 7.19. The maximum atomic E-state index is 12.9. The van der Waals surface area contributed by atoms with Crippen LogP contribution in [-0.2, 0) is 20.0 Å². The van der Waals surface area contributed by atoms with E-state index >= 15 is 0 Å². The maximum Gasteiger partial charge on any atom is 0.291 e. The van der Waals surface area contributed by atoms with Gasteiger partial charge in [-0.25, -0.2) is 14.6 Å². The Hall–Kier alpha value is -2.72. The molecular formula is C16H13N7OS2. The second-order valence-electron chi connectivity index (χ2n) is 5.94. The lowest BCUT2D eigenvalue weighted by atomic mass is 10.3. The Morgan fingerprint density at radius 3 is 3.00 bits per heavy atom. The van der Waals surface area contributed by atoms with Gasteiger partial charge < -0.3 is 4.57 Å². The van der Waals surface area contributed by atoms with Gasteiger partial charge in [0.1, 0.15) is 21.9 Å². The van der Waals surface area contributed by atoms with Gasteiger partial charge in [-0.1, -0.05) is 6.08 Å². The minimum Gasteiger partial charge on any atom is -0.323 e. The largest absolute Gasteiger partial charge is 0.323 e. The van der Waals surface area contributed by atoms with Crippen molar-refractivity contribution < 1.29 is 0 Å². The van der Waals surface area contributed by atoms with Gasteiger partial charge >= 0.3 is 0 Å². The van der Waals surface area contributed by atoms with Crippen LogP contribution in [0.3, 0.4) is 0 Å². The van der Waals surface area contributed by atoms with E-state index in [1.54, 1.807) is 17.5 Å². The zero-order chi connectivity index (χ0) is 17.7. The molecule has 130 valence electrons. The van der Waals surface area contributed by atoms with Gasteiger partial charge in [0, 0.05) is 24.6 Å². The number of fused-ring (bicyclic) bond motifs is 3. The minimum absolute atomic E-state index is 0.143. The number of allylic oxidation sites excluding steroid dienone is 1. The Balaban J connectivity index is 1.61. The average molecular weight is 383 g/mol. The summed E-state index contributed by atoms with van der Waals surface area (Å²) in [7, 11) is 1.87. The molecule has 26 heavy (non-hydrogen) atoms. The van der Waals surface area contributed by atoms with Crippen LogP contribution in [0.1, 0.15) is 10.0 Å². The van der Waals surface area contributed by atoms with Crippen molar-refractivity contribution in [1.29, 1.82) is 0 Å².